The number of hydrogen-bond acceptors (Lipinski definition) is 6. The van der Waals surface area contributed by atoms with Crippen LogP contribution in [0.1, 0.15) is 38.7 Å². The van der Waals surface area contributed by atoms with Gasteiger partial charge in [-0.15, -0.1) is 0 Å². The van der Waals surface area contributed by atoms with Crippen molar-refractivity contribution in [1.29, 1.82) is 0 Å². The highest BCUT2D eigenvalue weighted by Crippen LogP contribution is 2.33. The molecule has 7 nitrogen and oxygen atoms in total. The summed E-state index contributed by atoms with van der Waals surface area (Å²) in [6.45, 7) is 6.89. The average molecular weight is 370 g/mol. The van der Waals surface area contributed by atoms with Crippen LogP contribution in [0.5, 0.6) is 5.75 Å². The minimum Gasteiger partial charge on any atom is -0.494 e. The molecular weight excluding hydrogens is 344 g/mol. The molecular formula is C20H26N4O3. The lowest BCUT2D eigenvalue weighted by Crippen LogP contribution is -2.35. The molecule has 1 aliphatic rings. The number of benzene rings is 1. The molecule has 1 aromatic heterocycles. The van der Waals surface area contributed by atoms with Crippen molar-refractivity contribution in [3.05, 3.63) is 36.2 Å². The molecule has 0 aliphatic carbocycles. The second kappa shape index (κ2) is 7.42. The molecule has 0 saturated carbocycles. The Bertz CT molecular complexity index is 815. The fourth-order valence-corrected chi connectivity index (χ4v) is 3.17. The van der Waals surface area contributed by atoms with E-state index < -0.39 is 5.60 Å². The Labute approximate surface area is 159 Å². The first-order chi connectivity index (χ1) is 12.8. The Balaban J connectivity index is 1.72. The summed E-state index contributed by atoms with van der Waals surface area (Å²) < 4.78 is 10.8. The van der Waals surface area contributed by atoms with Crippen LogP contribution in [-0.2, 0) is 4.74 Å². The molecule has 1 saturated heterocycles. The molecule has 0 bridgehead atoms. The number of ether oxygens (including phenoxy) is 2. The summed E-state index contributed by atoms with van der Waals surface area (Å²) >= 11 is 0. The third-order valence-electron chi connectivity index (χ3n) is 4.47. The van der Waals surface area contributed by atoms with Gasteiger partial charge in [0, 0.05) is 31.4 Å². The summed E-state index contributed by atoms with van der Waals surface area (Å²) in [5, 5.41) is 0. The number of carbonyl (C=O) groups is 1. The largest absolute Gasteiger partial charge is 0.494 e. The third-order valence-corrected chi connectivity index (χ3v) is 4.47. The number of methoxy groups -OCH3 is 1. The summed E-state index contributed by atoms with van der Waals surface area (Å²) in [5.41, 5.74) is 7.78. The Morgan fingerprint density at radius 2 is 1.96 bits per heavy atom. The van der Waals surface area contributed by atoms with Crippen molar-refractivity contribution in [2.24, 2.45) is 0 Å². The van der Waals surface area contributed by atoms with Crippen molar-refractivity contribution in [2.45, 2.75) is 38.7 Å². The second-order valence-corrected chi connectivity index (χ2v) is 7.68. The van der Waals surface area contributed by atoms with E-state index in [1.807, 2.05) is 45.3 Å². The van der Waals surface area contributed by atoms with E-state index in [0.717, 1.165) is 17.5 Å². The lowest BCUT2D eigenvalue weighted by molar-refractivity contribution is 0.0292. The highest BCUT2D eigenvalue weighted by Gasteiger charge is 2.31. The third kappa shape index (κ3) is 4.30. The maximum Gasteiger partial charge on any atom is 0.410 e. The topological polar surface area (TPSA) is 90.6 Å². The van der Waals surface area contributed by atoms with Gasteiger partial charge in [-0.3, -0.25) is 0 Å². The first-order valence-corrected chi connectivity index (χ1v) is 9.01. The molecule has 2 aromatic rings. The Morgan fingerprint density at radius 1 is 1.26 bits per heavy atom. The molecule has 1 fully saturated rings. The van der Waals surface area contributed by atoms with Gasteiger partial charge in [-0.2, -0.15) is 0 Å². The monoisotopic (exact) mass is 370 g/mol. The van der Waals surface area contributed by atoms with Crippen LogP contribution in [0, 0.1) is 0 Å². The van der Waals surface area contributed by atoms with E-state index in [1.54, 1.807) is 18.1 Å². The molecule has 1 unspecified atom stereocenters. The van der Waals surface area contributed by atoms with Gasteiger partial charge in [0.2, 0.25) is 0 Å². The van der Waals surface area contributed by atoms with Gasteiger partial charge in [-0.25, -0.2) is 14.8 Å². The van der Waals surface area contributed by atoms with Crippen LogP contribution in [0.3, 0.4) is 0 Å². The van der Waals surface area contributed by atoms with Crippen molar-refractivity contribution in [3.8, 4) is 17.1 Å². The molecule has 1 amide bonds. The number of amides is 1. The maximum atomic E-state index is 12.2. The molecule has 7 heteroatoms. The highest BCUT2D eigenvalue weighted by molar-refractivity contribution is 5.73. The van der Waals surface area contributed by atoms with Gasteiger partial charge in [-0.1, -0.05) is 6.07 Å². The zero-order valence-corrected chi connectivity index (χ0v) is 16.2. The molecule has 2 N–H and O–H groups in total. The van der Waals surface area contributed by atoms with Crippen LogP contribution in [0.15, 0.2) is 30.6 Å². The molecule has 0 spiro atoms. The van der Waals surface area contributed by atoms with Crippen molar-refractivity contribution in [1.82, 2.24) is 14.9 Å². The average Bonchev–Trinajstić information content (AvgIpc) is 3.10. The number of para-hydroxylation sites is 1. The van der Waals surface area contributed by atoms with E-state index in [1.165, 1.54) is 0 Å². The summed E-state index contributed by atoms with van der Waals surface area (Å²) in [4.78, 5) is 22.9. The Hall–Kier alpha value is -2.83. The molecule has 1 aromatic carbocycles. The minimum absolute atomic E-state index is 0.203. The summed E-state index contributed by atoms with van der Waals surface area (Å²) in [7, 11) is 1.58. The van der Waals surface area contributed by atoms with Gasteiger partial charge in [-0.05, 0) is 44.9 Å². The Kier molecular flexibility index (Phi) is 5.21. The zero-order chi connectivity index (χ0) is 19.6. The van der Waals surface area contributed by atoms with Crippen LogP contribution in [0.2, 0.25) is 0 Å². The summed E-state index contributed by atoms with van der Waals surface area (Å²) in [5.74, 6) is 1.33. The van der Waals surface area contributed by atoms with Crippen LogP contribution < -0.4 is 10.5 Å². The smallest absolute Gasteiger partial charge is 0.410 e. The van der Waals surface area contributed by atoms with Crippen LogP contribution in [-0.4, -0.2) is 46.8 Å². The SMILES string of the molecule is COc1c(N)cccc1-c1ncc(C2CCN(C(=O)OC(C)(C)C)C2)cn1. The second-order valence-electron chi connectivity index (χ2n) is 7.68. The van der Waals surface area contributed by atoms with Crippen molar-refractivity contribution in [2.75, 3.05) is 25.9 Å². The molecule has 1 aliphatic heterocycles. The van der Waals surface area contributed by atoms with E-state index in [9.17, 15) is 4.79 Å². The van der Waals surface area contributed by atoms with E-state index in [2.05, 4.69) is 9.97 Å². The number of likely N-dealkylation sites (tertiary alicyclic amines) is 1. The fraction of sp³-hybridized carbons (Fsp3) is 0.450. The fourth-order valence-electron chi connectivity index (χ4n) is 3.17. The van der Waals surface area contributed by atoms with Crippen molar-refractivity contribution < 1.29 is 14.3 Å². The maximum absolute atomic E-state index is 12.2. The number of nitrogens with two attached hydrogens (primary N) is 1. The van der Waals surface area contributed by atoms with Gasteiger partial charge in [0.1, 0.15) is 5.60 Å². The molecule has 0 radical (unpaired) electrons. The molecule has 144 valence electrons. The highest BCUT2D eigenvalue weighted by atomic mass is 16.6. The van der Waals surface area contributed by atoms with Gasteiger partial charge in [0.05, 0.1) is 18.4 Å². The normalized spacial score (nSPS) is 17.0. The van der Waals surface area contributed by atoms with Gasteiger partial charge in [0.15, 0.2) is 11.6 Å². The molecule has 2 heterocycles. The van der Waals surface area contributed by atoms with Gasteiger partial charge in [0.25, 0.3) is 0 Å². The lowest BCUT2D eigenvalue weighted by atomic mass is 10.0. The van der Waals surface area contributed by atoms with Crippen LogP contribution in [0.25, 0.3) is 11.4 Å². The number of anilines is 1. The summed E-state index contributed by atoms with van der Waals surface area (Å²) in [6, 6.07) is 5.50. The number of nitrogens with zero attached hydrogens (tertiary/aromatic N) is 3. The standard InChI is InChI=1S/C20H26N4O3/c1-20(2,3)27-19(25)24-9-8-13(12-24)14-10-22-18(23-11-14)15-6-5-7-16(21)17(15)26-4/h5-7,10-11,13H,8-9,12,21H2,1-4H3. The van der Waals surface area contributed by atoms with E-state index in [-0.39, 0.29) is 12.0 Å². The first kappa shape index (κ1) is 18.9. The van der Waals surface area contributed by atoms with Crippen molar-refractivity contribution >= 4 is 11.8 Å². The van der Waals surface area contributed by atoms with Gasteiger partial charge < -0.3 is 20.1 Å². The van der Waals surface area contributed by atoms with Gasteiger partial charge >= 0.3 is 6.09 Å². The van der Waals surface area contributed by atoms with Crippen molar-refractivity contribution in [3.63, 3.8) is 0 Å². The van der Waals surface area contributed by atoms with E-state index in [4.69, 9.17) is 15.2 Å². The molecule has 27 heavy (non-hydrogen) atoms. The predicted molar refractivity (Wildman–Crippen MR) is 104 cm³/mol. The minimum atomic E-state index is -0.490. The number of nitrogen functional groups attached to an aromatic ring is 1. The number of rotatable bonds is 3. The Morgan fingerprint density at radius 3 is 2.59 bits per heavy atom. The summed E-state index contributed by atoms with van der Waals surface area (Å²) in [6.07, 6.45) is 4.22. The number of carbonyl (C=O) groups excluding carboxylic acids is 1. The van der Waals surface area contributed by atoms with Crippen LogP contribution in [0.4, 0.5) is 10.5 Å². The quantitative estimate of drug-likeness (QED) is 0.832. The molecule has 1 atom stereocenters. The predicted octanol–water partition coefficient (Wildman–Crippen LogP) is 3.46. The number of hydrogen-bond donors (Lipinski definition) is 1. The lowest BCUT2D eigenvalue weighted by Gasteiger charge is -2.24. The molecule has 3 rings (SSSR count). The van der Waals surface area contributed by atoms with Crippen LogP contribution >= 0.6 is 0 Å². The zero-order valence-electron chi connectivity index (χ0n) is 16.2. The van der Waals surface area contributed by atoms with E-state index in [0.29, 0.717) is 30.4 Å². The number of aromatic nitrogens is 2. The first-order valence-electron chi connectivity index (χ1n) is 9.01. The van der Waals surface area contributed by atoms with E-state index >= 15 is 0 Å².